The van der Waals surface area contributed by atoms with E-state index >= 15 is 0 Å². The number of hydrogen-bond acceptors (Lipinski definition) is 5. The topological polar surface area (TPSA) is 66.0 Å². The summed E-state index contributed by atoms with van der Waals surface area (Å²) in [6.07, 6.45) is 1.71. The number of hydrogen-bond donors (Lipinski definition) is 0. The lowest BCUT2D eigenvalue weighted by atomic mass is 10.2. The molecule has 0 aliphatic rings. The molecule has 0 saturated heterocycles. The van der Waals surface area contributed by atoms with Crippen molar-refractivity contribution < 1.29 is 9.26 Å². The summed E-state index contributed by atoms with van der Waals surface area (Å²) in [5, 5.41) is 8.79. The van der Waals surface area contributed by atoms with E-state index < -0.39 is 0 Å². The van der Waals surface area contributed by atoms with E-state index in [9.17, 15) is 0 Å². The maximum atomic E-state index is 6.13. The van der Waals surface area contributed by atoms with Crippen molar-refractivity contribution in [3.05, 3.63) is 35.5 Å². The van der Waals surface area contributed by atoms with Gasteiger partial charge in [-0.3, -0.25) is 4.68 Å². The molecule has 0 spiro atoms. The zero-order valence-electron chi connectivity index (χ0n) is 12.4. The molecular weight excluding hydrogens is 304 g/mol. The molecule has 0 unspecified atom stereocenters. The maximum Gasteiger partial charge on any atom is 0.276 e. The first-order chi connectivity index (χ1) is 10.6. The van der Waals surface area contributed by atoms with Crippen LogP contribution in [0.5, 0.6) is 5.75 Å². The largest absolute Gasteiger partial charge is 0.494 e. The van der Waals surface area contributed by atoms with Crippen LogP contribution in [0.1, 0.15) is 19.9 Å². The van der Waals surface area contributed by atoms with Crippen LogP contribution >= 0.6 is 11.6 Å². The fourth-order valence-corrected chi connectivity index (χ4v) is 2.48. The summed E-state index contributed by atoms with van der Waals surface area (Å²) < 4.78 is 12.5. The second-order valence-corrected chi connectivity index (χ2v) is 5.41. The van der Waals surface area contributed by atoms with Crippen LogP contribution in [-0.4, -0.2) is 27.0 Å². The minimum absolute atomic E-state index is 0.195. The Kier molecular flexibility index (Phi) is 3.85. The number of rotatable bonds is 4. The van der Waals surface area contributed by atoms with Gasteiger partial charge in [0.25, 0.3) is 5.89 Å². The number of para-hydroxylation sites is 1. The zero-order chi connectivity index (χ0) is 15.7. The second-order valence-electron chi connectivity index (χ2n) is 5.00. The Morgan fingerprint density at radius 2 is 2.09 bits per heavy atom. The molecule has 2 aromatic heterocycles. The summed E-state index contributed by atoms with van der Waals surface area (Å²) >= 11 is 6.13. The molecule has 1 aromatic carbocycles. The Balaban J connectivity index is 2.05. The summed E-state index contributed by atoms with van der Waals surface area (Å²) in [6, 6.07) is 7.43. The van der Waals surface area contributed by atoms with Crippen molar-refractivity contribution >= 4 is 11.6 Å². The molecule has 0 fully saturated rings. The smallest absolute Gasteiger partial charge is 0.276 e. The number of benzene rings is 1. The molecule has 0 amide bonds. The average molecular weight is 319 g/mol. The Hall–Kier alpha value is -2.34. The van der Waals surface area contributed by atoms with E-state index in [0.717, 1.165) is 5.69 Å². The van der Waals surface area contributed by atoms with E-state index in [4.69, 9.17) is 20.9 Å². The highest BCUT2D eigenvalue weighted by Gasteiger charge is 2.19. The summed E-state index contributed by atoms with van der Waals surface area (Å²) in [5.74, 6) is 1.35. The molecule has 0 N–H and O–H groups in total. The predicted octanol–water partition coefficient (Wildman–Crippen LogP) is 3.84. The molecule has 0 radical (unpaired) electrons. The molecule has 7 heteroatoms. The Labute approximate surface area is 132 Å². The zero-order valence-corrected chi connectivity index (χ0v) is 13.2. The monoisotopic (exact) mass is 318 g/mol. The number of nitrogens with zero attached hydrogens (tertiary/aromatic N) is 4. The third-order valence-corrected chi connectivity index (χ3v) is 3.51. The summed E-state index contributed by atoms with van der Waals surface area (Å²) in [5.41, 5.74) is 1.45. The molecule has 22 heavy (non-hydrogen) atoms. The molecule has 0 saturated carbocycles. The molecular formula is C15H15ClN4O2. The van der Waals surface area contributed by atoms with Gasteiger partial charge in [-0.1, -0.05) is 22.8 Å². The summed E-state index contributed by atoms with van der Waals surface area (Å²) in [6.45, 7) is 4.07. The van der Waals surface area contributed by atoms with Gasteiger partial charge < -0.3 is 9.26 Å². The van der Waals surface area contributed by atoms with Gasteiger partial charge in [0, 0.05) is 12.2 Å². The number of methoxy groups -OCH3 is 1. The van der Waals surface area contributed by atoms with Gasteiger partial charge in [0.1, 0.15) is 11.4 Å². The lowest BCUT2D eigenvalue weighted by Gasteiger charge is -2.07. The van der Waals surface area contributed by atoms with Crippen molar-refractivity contribution in [1.82, 2.24) is 19.9 Å². The van der Waals surface area contributed by atoms with E-state index in [1.54, 1.807) is 19.4 Å². The van der Waals surface area contributed by atoms with Gasteiger partial charge in [-0.2, -0.15) is 10.1 Å². The SMILES string of the molecule is COc1c(Cl)cccc1-c1noc(-c2ccnn2C(C)C)n1. The van der Waals surface area contributed by atoms with E-state index in [2.05, 4.69) is 15.2 Å². The van der Waals surface area contributed by atoms with Crippen LogP contribution in [0.2, 0.25) is 5.02 Å². The Bertz CT molecular complexity index is 794. The van der Waals surface area contributed by atoms with Crippen LogP contribution in [0.15, 0.2) is 35.0 Å². The van der Waals surface area contributed by atoms with Gasteiger partial charge in [-0.15, -0.1) is 0 Å². The highest BCUT2D eigenvalue weighted by Crippen LogP contribution is 2.35. The third kappa shape index (κ3) is 2.46. The van der Waals surface area contributed by atoms with Gasteiger partial charge >= 0.3 is 0 Å². The fourth-order valence-electron chi connectivity index (χ4n) is 2.22. The van der Waals surface area contributed by atoms with Crippen LogP contribution in [-0.2, 0) is 0 Å². The van der Waals surface area contributed by atoms with Crippen molar-refractivity contribution in [3.8, 4) is 28.7 Å². The lowest BCUT2D eigenvalue weighted by molar-refractivity contribution is 0.412. The highest BCUT2D eigenvalue weighted by molar-refractivity contribution is 6.32. The number of ether oxygens (including phenoxy) is 1. The van der Waals surface area contributed by atoms with Crippen molar-refractivity contribution in [3.63, 3.8) is 0 Å². The molecule has 0 aliphatic carbocycles. The summed E-state index contributed by atoms with van der Waals surface area (Å²) in [4.78, 5) is 4.44. The van der Waals surface area contributed by atoms with Gasteiger partial charge in [0.2, 0.25) is 5.82 Å². The number of aromatic nitrogens is 4. The van der Waals surface area contributed by atoms with Crippen molar-refractivity contribution in [2.24, 2.45) is 0 Å². The molecule has 6 nitrogen and oxygen atoms in total. The predicted molar refractivity (Wildman–Crippen MR) is 82.9 cm³/mol. The van der Waals surface area contributed by atoms with Crippen LogP contribution < -0.4 is 4.74 Å². The molecule has 0 atom stereocenters. The van der Waals surface area contributed by atoms with Gasteiger partial charge in [-0.25, -0.2) is 0 Å². The quantitative estimate of drug-likeness (QED) is 0.731. The van der Waals surface area contributed by atoms with Crippen molar-refractivity contribution in [1.29, 1.82) is 0 Å². The Morgan fingerprint density at radius 1 is 1.27 bits per heavy atom. The van der Waals surface area contributed by atoms with Gasteiger partial charge in [0.05, 0.1) is 17.7 Å². The van der Waals surface area contributed by atoms with Gasteiger partial charge in [0.15, 0.2) is 0 Å². The standard InChI is InChI=1S/C15H15ClN4O2/c1-9(2)20-12(7-8-17-20)15-18-14(19-22-15)10-5-4-6-11(16)13(10)21-3/h4-9H,1-3H3. The van der Waals surface area contributed by atoms with E-state index in [-0.39, 0.29) is 6.04 Å². The van der Waals surface area contributed by atoms with Crippen molar-refractivity contribution in [2.75, 3.05) is 7.11 Å². The average Bonchev–Trinajstić information content (AvgIpc) is 3.15. The second kappa shape index (κ2) is 5.81. The number of halogens is 1. The van der Waals surface area contributed by atoms with E-state index in [1.807, 2.05) is 36.7 Å². The van der Waals surface area contributed by atoms with Gasteiger partial charge in [-0.05, 0) is 32.0 Å². The molecule has 0 bridgehead atoms. The molecule has 3 rings (SSSR count). The van der Waals surface area contributed by atoms with Crippen LogP contribution in [0, 0.1) is 0 Å². The first-order valence-electron chi connectivity index (χ1n) is 6.82. The Morgan fingerprint density at radius 3 is 2.82 bits per heavy atom. The molecule has 0 aliphatic heterocycles. The van der Waals surface area contributed by atoms with Crippen LogP contribution in [0.4, 0.5) is 0 Å². The summed E-state index contributed by atoms with van der Waals surface area (Å²) in [7, 11) is 1.56. The van der Waals surface area contributed by atoms with Crippen LogP contribution in [0.25, 0.3) is 23.0 Å². The van der Waals surface area contributed by atoms with E-state index in [1.165, 1.54) is 0 Å². The third-order valence-electron chi connectivity index (χ3n) is 3.22. The van der Waals surface area contributed by atoms with Crippen molar-refractivity contribution in [2.45, 2.75) is 19.9 Å². The first-order valence-corrected chi connectivity index (χ1v) is 7.20. The first kappa shape index (κ1) is 14.6. The lowest BCUT2D eigenvalue weighted by Crippen LogP contribution is -2.04. The normalized spacial score (nSPS) is 11.1. The minimum atomic E-state index is 0.195. The highest BCUT2D eigenvalue weighted by atomic mass is 35.5. The molecule has 3 aromatic rings. The minimum Gasteiger partial charge on any atom is -0.494 e. The molecule has 2 heterocycles. The molecule has 114 valence electrons. The fraction of sp³-hybridized carbons (Fsp3) is 0.267. The maximum absolute atomic E-state index is 6.13. The van der Waals surface area contributed by atoms with Crippen LogP contribution in [0.3, 0.4) is 0 Å². The van der Waals surface area contributed by atoms with E-state index in [0.29, 0.717) is 28.1 Å².